The van der Waals surface area contributed by atoms with Crippen LogP contribution >= 0.6 is 31.9 Å². The highest BCUT2D eigenvalue weighted by atomic mass is 79.9. The maximum atomic E-state index is 12.1. The van der Waals surface area contributed by atoms with E-state index in [1.54, 1.807) is 21.2 Å². The van der Waals surface area contributed by atoms with Gasteiger partial charge in [-0.15, -0.1) is 0 Å². The first-order valence-corrected chi connectivity index (χ1v) is 10.8. The number of ether oxygens (including phenoxy) is 2. The predicted molar refractivity (Wildman–Crippen MR) is 120 cm³/mol. The number of rotatable bonds is 5. The van der Waals surface area contributed by atoms with E-state index in [0.717, 1.165) is 42.0 Å². The summed E-state index contributed by atoms with van der Waals surface area (Å²) in [6, 6.07) is 7.82. The molecule has 1 aromatic heterocycles. The lowest BCUT2D eigenvalue weighted by molar-refractivity contribution is 0.169. The number of carbonyl (C=O) groups is 1. The zero-order valence-corrected chi connectivity index (χ0v) is 19.9. The SMILES string of the molecule is COc1cc(Br)c(CN2CCN(c3ccccn3)CC2)c(Br)c1OC(=O)N(C)C. The highest BCUT2D eigenvalue weighted by Crippen LogP contribution is 2.42. The normalized spacial score (nSPS) is 14.6. The minimum absolute atomic E-state index is 0.386. The first-order valence-electron chi connectivity index (χ1n) is 9.23. The Kier molecular flexibility index (Phi) is 7.37. The van der Waals surface area contributed by atoms with Crippen LogP contribution in [0.2, 0.25) is 0 Å². The molecule has 7 nitrogen and oxygen atoms in total. The van der Waals surface area contributed by atoms with Crippen LogP contribution in [0.25, 0.3) is 0 Å². The molecule has 1 aliphatic heterocycles. The zero-order chi connectivity index (χ0) is 21.0. The molecule has 156 valence electrons. The second-order valence-electron chi connectivity index (χ2n) is 6.90. The first-order chi connectivity index (χ1) is 13.9. The topological polar surface area (TPSA) is 58.1 Å². The van der Waals surface area contributed by atoms with Crippen molar-refractivity contribution in [3.63, 3.8) is 0 Å². The van der Waals surface area contributed by atoms with Gasteiger partial charge >= 0.3 is 6.09 Å². The van der Waals surface area contributed by atoms with Gasteiger partial charge in [-0.1, -0.05) is 22.0 Å². The molecule has 1 amide bonds. The minimum Gasteiger partial charge on any atom is -0.493 e. The molecule has 1 aliphatic rings. The molecule has 0 unspecified atom stereocenters. The van der Waals surface area contributed by atoms with Gasteiger partial charge in [-0.2, -0.15) is 0 Å². The molecule has 0 N–H and O–H groups in total. The zero-order valence-electron chi connectivity index (χ0n) is 16.7. The van der Waals surface area contributed by atoms with E-state index in [9.17, 15) is 4.79 Å². The molecule has 2 heterocycles. The Labute approximate surface area is 187 Å². The fourth-order valence-corrected chi connectivity index (χ4v) is 4.50. The summed E-state index contributed by atoms with van der Waals surface area (Å²) in [6.07, 6.45) is 1.37. The fourth-order valence-electron chi connectivity index (χ4n) is 3.09. The lowest BCUT2D eigenvalue weighted by Crippen LogP contribution is -2.46. The van der Waals surface area contributed by atoms with E-state index < -0.39 is 6.09 Å². The third kappa shape index (κ3) is 5.21. The van der Waals surface area contributed by atoms with E-state index in [2.05, 4.69) is 46.6 Å². The Balaban J connectivity index is 1.74. The van der Waals surface area contributed by atoms with Gasteiger partial charge in [0.1, 0.15) is 5.82 Å². The molecule has 0 radical (unpaired) electrons. The average Bonchev–Trinajstić information content (AvgIpc) is 2.73. The van der Waals surface area contributed by atoms with Crippen LogP contribution in [0, 0.1) is 0 Å². The lowest BCUT2D eigenvalue weighted by atomic mass is 10.1. The van der Waals surface area contributed by atoms with Crippen LogP contribution in [0.5, 0.6) is 11.5 Å². The molecule has 3 rings (SSSR count). The number of halogens is 2. The molecule has 1 aromatic carbocycles. The molecule has 0 spiro atoms. The van der Waals surface area contributed by atoms with Crippen molar-refractivity contribution in [3.8, 4) is 11.5 Å². The molecule has 2 aromatic rings. The molecule has 1 fully saturated rings. The van der Waals surface area contributed by atoms with Crippen LogP contribution in [0.15, 0.2) is 39.4 Å². The van der Waals surface area contributed by atoms with E-state index in [1.807, 2.05) is 30.5 Å². The Morgan fingerprint density at radius 1 is 1.21 bits per heavy atom. The van der Waals surface area contributed by atoms with Crippen molar-refractivity contribution in [1.82, 2.24) is 14.8 Å². The number of amides is 1. The van der Waals surface area contributed by atoms with Crippen molar-refractivity contribution >= 4 is 43.8 Å². The van der Waals surface area contributed by atoms with Gasteiger partial charge in [-0.05, 0) is 39.7 Å². The summed E-state index contributed by atoms with van der Waals surface area (Å²) in [5.74, 6) is 1.89. The van der Waals surface area contributed by atoms with Crippen molar-refractivity contribution in [2.45, 2.75) is 6.54 Å². The molecule has 0 saturated carbocycles. The standard InChI is InChI=1S/C20H24Br2N4O3/c1-24(2)20(27)29-19-16(28-3)12-15(21)14(18(19)22)13-25-8-10-26(11-9-25)17-6-4-5-7-23-17/h4-7,12H,8-11,13H2,1-3H3. The second-order valence-corrected chi connectivity index (χ2v) is 8.54. The van der Waals surface area contributed by atoms with Gasteiger partial charge in [0.2, 0.25) is 0 Å². The Hall–Kier alpha value is -1.84. The smallest absolute Gasteiger partial charge is 0.414 e. The Bertz CT molecular complexity index is 857. The van der Waals surface area contributed by atoms with Gasteiger partial charge in [0.05, 0.1) is 11.6 Å². The highest BCUT2D eigenvalue weighted by Gasteiger charge is 2.24. The molecule has 29 heavy (non-hydrogen) atoms. The number of benzene rings is 1. The van der Waals surface area contributed by atoms with Crippen LogP contribution in [0.1, 0.15) is 5.56 Å². The summed E-state index contributed by atoms with van der Waals surface area (Å²) in [6.45, 7) is 4.35. The second kappa shape index (κ2) is 9.77. The van der Waals surface area contributed by atoms with Crippen LogP contribution < -0.4 is 14.4 Å². The number of hydrogen-bond acceptors (Lipinski definition) is 6. The summed E-state index contributed by atoms with van der Waals surface area (Å²) < 4.78 is 12.6. The summed E-state index contributed by atoms with van der Waals surface area (Å²) >= 11 is 7.26. The van der Waals surface area contributed by atoms with Gasteiger partial charge in [0.25, 0.3) is 0 Å². The number of methoxy groups -OCH3 is 1. The van der Waals surface area contributed by atoms with Gasteiger partial charge in [0, 0.05) is 57.5 Å². The first kappa shape index (κ1) is 21.9. The summed E-state index contributed by atoms with van der Waals surface area (Å²) in [7, 11) is 4.84. The largest absolute Gasteiger partial charge is 0.493 e. The van der Waals surface area contributed by atoms with Crippen molar-refractivity contribution in [2.24, 2.45) is 0 Å². The molecule has 0 bridgehead atoms. The van der Waals surface area contributed by atoms with Crippen molar-refractivity contribution in [2.75, 3.05) is 52.3 Å². The number of carbonyl (C=O) groups excluding carboxylic acids is 1. The van der Waals surface area contributed by atoms with E-state index in [1.165, 1.54) is 4.90 Å². The highest BCUT2D eigenvalue weighted by molar-refractivity contribution is 9.11. The number of hydrogen-bond donors (Lipinski definition) is 0. The van der Waals surface area contributed by atoms with E-state index in [4.69, 9.17) is 9.47 Å². The minimum atomic E-state index is -0.457. The summed E-state index contributed by atoms with van der Waals surface area (Å²) in [5.41, 5.74) is 1.01. The molecule has 9 heteroatoms. The molecule has 0 atom stereocenters. The van der Waals surface area contributed by atoms with E-state index >= 15 is 0 Å². The number of anilines is 1. The van der Waals surface area contributed by atoms with Crippen LogP contribution in [0.4, 0.5) is 10.6 Å². The lowest BCUT2D eigenvalue weighted by Gasteiger charge is -2.35. The third-order valence-corrected chi connectivity index (χ3v) is 6.28. The Morgan fingerprint density at radius 2 is 1.93 bits per heavy atom. The molecule has 1 saturated heterocycles. The van der Waals surface area contributed by atoms with Gasteiger partial charge in [-0.3, -0.25) is 4.90 Å². The van der Waals surface area contributed by atoms with Crippen molar-refractivity contribution in [3.05, 3.63) is 45.0 Å². The van der Waals surface area contributed by atoms with E-state index in [0.29, 0.717) is 22.5 Å². The van der Waals surface area contributed by atoms with Crippen molar-refractivity contribution in [1.29, 1.82) is 0 Å². The van der Waals surface area contributed by atoms with Crippen LogP contribution in [-0.2, 0) is 6.54 Å². The number of nitrogens with zero attached hydrogens (tertiary/aromatic N) is 4. The molecule has 0 aliphatic carbocycles. The maximum absolute atomic E-state index is 12.1. The maximum Gasteiger partial charge on any atom is 0.414 e. The fraction of sp³-hybridized carbons (Fsp3) is 0.400. The van der Waals surface area contributed by atoms with Crippen LogP contribution in [-0.4, -0.2) is 68.3 Å². The average molecular weight is 528 g/mol. The van der Waals surface area contributed by atoms with E-state index in [-0.39, 0.29) is 0 Å². The monoisotopic (exact) mass is 526 g/mol. The van der Waals surface area contributed by atoms with Gasteiger partial charge in [0.15, 0.2) is 11.5 Å². The number of piperazine rings is 1. The van der Waals surface area contributed by atoms with Crippen LogP contribution in [0.3, 0.4) is 0 Å². The van der Waals surface area contributed by atoms with Crippen molar-refractivity contribution < 1.29 is 14.3 Å². The third-order valence-electron chi connectivity index (χ3n) is 4.74. The van der Waals surface area contributed by atoms with Gasteiger partial charge in [-0.25, -0.2) is 9.78 Å². The Morgan fingerprint density at radius 3 is 2.52 bits per heavy atom. The van der Waals surface area contributed by atoms with Gasteiger partial charge < -0.3 is 19.3 Å². The molecular weight excluding hydrogens is 504 g/mol. The molecular formula is C20H24Br2N4O3. The number of pyridine rings is 1. The summed E-state index contributed by atoms with van der Waals surface area (Å²) in [5, 5.41) is 0. The predicted octanol–water partition coefficient (Wildman–Crippen LogP) is 4.00. The number of aromatic nitrogens is 1. The summed E-state index contributed by atoms with van der Waals surface area (Å²) in [4.78, 5) is 22.6. The quantitative estimate of drug-likeness (QED) is 0.585.